The number of hydrogen-bond donors (Lipinski definition) is 2. The second-order valence-corrected chi connectivity index (χ2v) is 5.79. The molecule has 1 aliphatic heterocycles. The summed E-state index contributed by atoms with van der Waals surface area (Å²) in [7, 11) is 1.57. The summed E-state index contributed by atoms with van der Waals surface area (Å²) < 4.78 is 5.22. The van der Waals surface area contributed by atoms with E-state index in [1.165, 1.54) is 0 Å². The highest BCUT2D eigenvalue weighted by atomic mass is 16.5. The SMILES string of the molecule is COc1nccc2cc(NC(=O)N3CCC(C(=O)O)CC3)ccc12. The zero-order valence-electron chi connectivity index (χ0n) is 13.4. The number of piperidine rings is 1. The van der Waals surface area contributed by atoms with Crippen LogP contribution in [0.1, 0.15) is 12.8 Å². The lowest BCUT2D eigenvalue weighted by molar-refractivity contribution is -0.143. The first-order valence-electron chi connectivity index (χ1n) is 7.80. The van der Waals surface area contributed by atoms with E-state index < -0.39 is 5.97 Å². The number of likely N-dealkylation sites (tertiary alicyclic amines) is 1. The number of rotatable bonds is 3. The van der Waals surface area contributed by atoms with Gasteiger partial charge in [0, 0.05) is 30.4 Å². The van der Waals surface area contributed by atoms with Crippen LogP contribution in [0, 0.1) is 5.92 Å². The first kappa shape index (κ1) is 16.0. The molecule has 1 fully saturated rings. The second-order valence-electron chi connectivity index (χ2n) is 5.79. The number of amides is 2. The van der Waals surface area contributed by atoms with Crippen molar-refractivity contribution < 1.29 is 19.4 Å². The summed E-state index contributed by atoms with van der Waals surface area (Å²) in [5, 5.41) is 13.7. The van der Waals surface area contributed by atoms with E-state index in [-0.39, 0.29) is 11.9 Å². The molecule has 2 N–H and O–H groups in total. The van der Waals surface area contributed by atoms with Gasteiger partial charge in [-0.2, -0.15) is 0 Å². The van der Waals surface area contributed by atoms with Crippen LogP contribution in [0.4, 0.5) is 10.5 Å². The number of nitrogens with one attached hydrogen (secondary N) is 1. The molecule has 0 saturated carbocycles. The van der Waals surface area contributed by atoms with Gasteiger partial charge in [0.1, 0.15) is 0 Å². The molecule has 1 aromatic carbocycles. The lowest BCUT2D eigenvalue weighted by atomic mass is 9.97. The fourth-order valence-corrected chi connectivity index (χ4v) is 2.92. The number of carbonyl (C=O) groups excluding carboxylic acids is 1. The summed E-state index contributed by atoms with van der Waals surface area (Å²) in [5.74, 6) is -0.594. The number of carboxylic acids is 1. The number of aliphatic carboxylic acids is 1. The predicted molar refractivity (Wildman–Crippen MR) is 89.2 cm³/mol. The third kappa shape index (κ3) is 3.24. The van der Waals surface area contributed by atoms with E-state index in [2.05, 4.69) is 10.3 Å². The van der Waals surface area contributed by atoms with Crippen LogP contribution >= 0.6 is 0 Å². The van der Waals surface area contributed by atoms with Crippen LogP contribution in [-0.2, 0) is 4.79 Å². The van der Waals surface area contributed by atoms with E-state index >= 15 is 0 Å². The van der Waals surface area contributed by atoms with Crippen molar-refractivity contribution in [2.75, 3.05) is 25.5 Å². The Balaban J connectivity index is 1.69. The number of methoxy groups -OCH3 is 1. The number of carboxylic acid groups (broad SMARTS) is 1. The molecule has 126 valence electrons. The minimum Gasteiger partial charge on any atom is -0.481 e. The number of anilines is 1. The summed E-state index contributed by atoms with van der Waals surface area (Å²) >= 11 is 0. The minimum atomic E-state index is -0.785. The van der Waals surface area contributed by atoms with Crippen molar-refractivity contribution in [1.29, 1.82) is 0 Å². The molecule has 2 amide bonds. The third-order valence-electron chi connectivity index (χ3n) is 4.30. The standard InChI is InChI=1S/C17H19N3O4/c1-24-15-14-3-2-13(10-12(14)4-7-18-15)19-17(23)20-8-5-11(6-9-20)16(21)22/h2-4,7,10-11H,5-6,8-9H2,1H3,(H,19,23)(H,21,22). The lowest BCUT2D eigenvalue weighted by Crippen LogP contribution is -2.42. The van der Waals surface area contributed by atoms with Gasteiger partial charge in [0.05, 0.1) is 13.0 Å². The summed E-state index contributed by atoms with van der Waals surface area (Å²) in [4.78, 5) is 29.1. The number of benzene rings is 1. The largest absolute Gasteiger partial charge is 0.481 e. The van der Waals surface area contributed by atoms with Gasteiger partial charge in [0.15, 0.2) is 0 Å². The van der Waals surface area contributed by atoms with Crippen LogP contribution in [0.15, 0.2) is 30.5 Å². The van der Waals surface area contributed by atoms with Gasteiger partial charge < -0.3 is 20.1 Å². The van der Waals surface area contributed by atoms with Crippen molar-refractivity contribution in [3.63, 3.8) is 0 Å². The van der Waals surface area contributed by atoms with Crippen molar-refractivity contribution in [1.82, 2.24) is 9.88 Å². The molecule has 3 rings (SSSR count). The van der Waals surface area contributed by atoms with Crippen LogP contribution in [0.2, 0.25) is 0 Å². The Morgan fingerprint density at radius 2 is 2.04 bits per heavy atom. The number of fused-ring (bicyclic) bond motifs is 1. The maximum atomic E-state index is 12.3. The van der Waals surface area contributed by atoms with Crippen LogP contribution < -0.4 is 10.1 Å². The van der Waals surface area contributed by atoms with Crippen LogP contribution in [0.25, 0.3) is 10.8 Å². The van der Waals surface area contributed by atoms with E-state index in [9.17, 15) is 9.59 Å². The molecule has 7 nitrogen and oxygen atoms in total. The topological polar surface area (TPSA) is 91.8 Å². The van der Waals surface area contributed by atoms with Crippen molar-refractivity contribution in [2.45, 2.75) is 12.8 Å². The van der Waals surface area contributed by atoms with E-state index in [4.69, 9.17) is 9.84 Å². The molecule has 1 saturated heterocycles. The van der Waals surface area contributed by atoms with Gasteiger partial charge in [-0.3, -0.25) is 4.79 Å². The van der Waals surface area contributed by atoms with E-state index in [0.717, 1.165) is 10.8 Å². The Morgan fingerprint density at radius 3 is 2.71 bits per heavy atom. The Kier molecular flexibility index (Phi) is 4.50. The quantitative estimate of drug-likeness (QED) is 0.903. The molecular weight excluding hydrogens is 310 g/mol. The van der Waals surface area contributed by atoms with Gasteiger partial charge in [-0.15, -0.1) is 0 Å². The Labute approximate surface area is 139 Å². The number of aromatic nitrogens is 1. The molecule has 0 bridgehead atoms. The first-order valence-corrected chi connectivity index (χ1v) is 7.80. The van der Waals surface area contributed by atoms with Gasteiger partial charge in [-0.1, -0.05) is 0 Å². The van der Waals surface area contributed by atoms with Crippen LogP contribution in [0.5, 0.6) is 5.88 Å². The summed E-state index contributed by atoms with van der Waals surface area (Å²) in [5.41, 5.74) is 0.682. The fraction of sp³-hybridized carbons (Fsp3) is 0.353. The minimum absolute atomic E-state index is 0.209. The molecule has 24 heavy (non-hydrogen) atoms. The molecule has 2 aromatic rings. The Hall–Kier alpha value is -2.83. The van der Waals surface area contributed by atoms with E-state index in [1.807, 2.05) is 18.2 Å². The number of hydrogen-bond acceptors (Lipinski definition) is 4. The zero-order chi connectivity index (χ0) is 17.1. The second kappa shape index (κ2) is 6.74. The summed E-state index contributed by atoms with van der Waals surface area (Å²) in [6, 6.07) is 7.16. The molecule has 0 atom stereocenters. The molecule has 0 radical (unpaired) electrons. The van der Waals surface area contributed by atoms with Gasteiger partial charge in [-0.25, -0.2) is 9.78 Å². The molecule has 2 heterocycles. The van der Waals surface area contributed by atoms with Crippen molar-refractivity contribution >= 4 is 28.5 Å². The first-order chi connectivity index (χ1) is 11.6. The number of urea groups is 1. The molecule has 7 heteroatoms. The number of carbonyl (C=O) groups is 2. The van der Waals surface area contributed by atoms with Gasteiger partial charge in [0.2, 0.25) is 5.88 Å². The van der Waals surface area contributed by atoms with Crippen molar-refractivity contribution in [3.05, 3.63) is 30.5 Å². The zero-order valence-corrected chi connectivity index (χ0v) is 13.4. The smallest absolute Gasteiger partial charge is 0.321 e. The molecule has 0 aliphatic carbocycles. The average Bonchev–Trinajstić information content (AvgIpc) is 2.61. The van der Waals surface area contributed by atoms with Crippen LogP contribution in [0.3, 0.4) is 0 Å². The third-order valence-corrected chi connectivity index (χ3v) is 4.30. The fourth-order valence-electron chi connectivity index (χ4n) is 2.92. The molecular formula is C17H19N3O4. The normalized spacial score (nSPS) is 15.3. The highest BCUT2D eigenvalue weighted by Gasteiger charge is 2.26. The average molecular weight is 329 g/mol. The molecule has 1 aliphatic rings. The van der Waals surface area contributed by atoms with E-state index in [0.29, 0.717) is 37.5 Å². The lowest BCUT2D eigenvalue weighted by Gasteiger charge is -2.30. The van der Waals surface area contributed by atoms with Crippen molar-refractivity contribution in [2.24, 2.45) is 5.92 Å². The maximum absolute atomic E-state index is 12.3. The summed E-state index contributed by atoms with van der Waals surface area (Å²) in [6.07, 6.45) is 2.64. The van der Waals surface area contributed by atoms with Crippen molar-refractivity contribution in [3.8, 4) is 5.88 Å². The highest BCUT2D eigenvalue weighted by Crippen LogP contribution is 2.26. The maximum Gasteiger partial charge on any atom is 0.321 e. The number of nitrogens with zero attached hydrogens (tertiary/aromatic N) is 2. The summed E-state index contributed by atoms with van der Waals surface area (Å²) in [6.45, 7) is 0.905. The molecule has 0 spiro atoms. The highest BCUT2D eigenvalue weighted by molar-refractivity contribution is 5.95. The van der Waals surface area contributed by atoms with Crippen LogP contribution in [-0.4, -0.2) is 47.2 Å². The van der Waals surface area contributed by atoms with Gasteiger partial charge in [0.25, 0.3) is 0 Å². The number of ether oxygens (including phenoxy) is 1. The molecule has 0 unspecified atom stereocenters. The monoisotopic (exact) mass is 329 g/mol. The number of pyridine rings is 1. The van der Waals surface area contributed by atoms with Gasteiger partial charge >= 0.3 is 12.0 Å². The molecule has 1 aromatic heterocycles. The predicted octanol–water partition coefficient (Wildman–Crippen LogP) is 2.57. The van der Waals surface area contributed by atoms with E-state index in [1.54, 1.807) is 24.3 Å². The van der Waals surface area contributed by atoms with Gasteiger partial charge in [-0.05, 0) is 42.5 Å². The Morgan fingerprint density at radius 1 is 1.29 bits per heavy atom. The Bertz CT molecular complexity index is 770.